The van der Waals surface area contributed by atoms with Crippen LogP contribution in [-0.4, -0.2) is 71.0 Å². The number of anilines is 3. The van der Waals surface area contributed by atoms with E-state index >= 15 is 0 Å². The zero-order valence-electron chi connectivity index (χ0n) is 31.1. The van der Waals surface area contributed by atoms with Crippen molar-refractivity contribution in [1.82, 2.24) is 25.6 Å². The maximum atomic E-state index is 13.1. The number of esters is 1. The number of halogens is 4. The van der Waals surface area contributed by atoms with Crippen LogP contribution in [0.3, 0.4) is 0 Å². The molecule has 0 bridgehead atoms. The van der Waals surface area contributed by atoms with Gasteiger partial charge in [0.25, 0.3) is 11.8 Å². The summed E-state index contributed by atoms with van der Waals surface area (Å²) in [6.07, 6.45) is -1.54. The molecule has 2 aliphatic rings. The summed E-state index contributed by atoms with van der Waals surface area (Å²) >= 11 is 6.04. The minimum absolute atomic E-state index is 0.0205. The van der Waals surface area contributed by atoms with Crippen molar-refractivity contribution < 1.29 is 41.8 Å². The van der Waals surface area contributed by atoms with Gasteiger partial charge < -0.3 is 30.7 Å². The van der Waals surface area contributed by atoms with Crippen LogP contribution in [0.4, 0.5) is 30.8 Å². The zero-order valence-corrected chi connectivity index (χ0v) is 31.9. The molecular formula is C40H41ClF3N7O6. The number of hydrogen-bond acceptors (Lipinski definition) is 11. The van der Waals surface area contributed by atoms with Crippen LogP contribution in [0, 0.1) is 12.8 Å². The number of amides is 2. The molecule has 13 nitrogen and oxygen atoms in total. The van der Waals surface area contributed by atoms with Crippen LogP contribution >= 0.6 is 11.6 Å². The van der Waals surface area contributed by atoms with E-state index in [4.69, 9.17) is 21.1 Å². The van der Waals surface area contributed by atoms with Crippen LogP contribution in [0.1, 0.15) is 71.5 Å². The second-order valence-electron chi connectivity index (χ2n) is 14.2. The first-order valence-electron chi connectivity index (χ1n) is 18.3. The third-order valence-electron chi connectivity index (χ3n) is 9.81. The third kappa shape index (κ3) is 11.4. The number of methoxy groups -OCH3 is 1. The van der Waals surface area contributed by atoms with E-state index in [2.05, 4.69) is 60.5 Å². The predicted molar refractivity (Wildman–Crippen MR) is 204 cm³/mol. The number of ketones is 1. The summed E-state index contributed by atoms with van der Waals surface area (Å²) in [7, 11) is 1.16. The standard InChI is InChI=1S/C40H41ClF3N7O6/c1-23-3-5-24(6-4-23)30-21-26(30)9-16-32(52)34(54)45-20-17-31(35(55)56-2)47-33(53)25-7-14-29(15-8-25)46-36-48-37(50-38(49-36)57-22-40(42,43)44)51-39(18-19-39)27-10-12-28(41)13-11-27/h3-8,10-15,26,30-31H,9,16-22H2,1-2H3,(H,45,54)(H,47,53)(H2,46,48,49,50,51)/t26-,30-,31-/m0/s1. The first-order valence-corrected chi connectivity index (χ1v) is 18.7. The van der Waals surface area contributed by atoms with E-state index in [9.17, 15) is 32.3 Å². The number of hydrogen-bond donors (Lipinski definition) is 4. The summed E-state index contributed by atoms with van der Waals surface area (Å²) in [6.45, 7) is 0.342. The van der Waals surface area contributed by atoms with Crippen LogP contribution in [0.2, 0.25) is 5.02 Å². The van der Waals surface area contributed by atoms with Crippen molar-refractivity contribution in [3.8, 4) is 6.01 Å². The number of benzene rings is 3. The summed E-state index contributed by atoms with van der Waals surface area (Å²) < 4.78 is 48.6. The number of nitrogens with zero attached hydrogens (tertiary/aromatic N) is 3. The van der Waals surface area contributed by atoms with E-state index in [-0.39, 0.29) is 36.8 Å². The summed E-state index contributed by atoms with van der Waals surface area (Å²) in [5.74, 6) is -2.07. The van der Waals surface area contributed by atoms with E-state index < -0.39 is 53.9 Å². The Morgan fingerprint density at radius 3 is 2.26 bits per heavy atom. The molecule has 300 valence electrons. The molecule has 2 aliphatic carbocycles. The van der Waals surface area contributed by atoms with E-state index in [1.807, 2.05) is 19.1 Å². The van der Waals surface area contributed by atoms with E-state index in [0.29, 0.717) is 41.8 Å². The summed E-state index contributed by atoms with van der Waals surface area (Å²) in [5.41, 5.74) is 3.29. The van der Waals surface area contributed by atoms with Crippen LogP contribution in [0.15, 0.2) is 72.8 Å². The number of rotatable bonds is 18. The quantitative estimate of drug-likeness (QED) is 0.0635. The van der Waals surface area contributed by atoms with E-state index in [1.165, 1.54) is 35.4 Å². The minimum atomic E-state index is -4.63. The number of alkyl halides is 3. The maximum absolute atomic E-state index is 13.1. The normalized spacial score (nSPS) is 17.1. The number of ether oxygens (including phenoxy) is 2. The van der Waals surface area contributed by atoms with Gasteiger partial charge in [-0.25, -0.2) is 4.79 Å². The van der Waals surface area contributed by atoms with E-state index in [0.717, 1.165) is 19.1 Å². The Balaban J connectivity index is 1.02. The van der Waals surface area contributed by atoms with Gasteiger partial charge in [0.15, 0.2) is 6.61 Å². The Hall–Kier alpha value is -5.77. The Kier molecular flexibility index (Phi) is 12.6. The van der Waals surface area contributed by atoms with Gasteiger partial charge in [-0.3, -0.25) is 14.4 Å². The van der Waals surface area contributed by atoms with Gasteiger partial charge in [-0.05, 0) is 98.4 Å². The number of carbonyl (C=O) groups is 4. The lowest BCUT2D eigenvalue weighted by molar-refractivity contribution is -0.154. The molecule has 0 unspecified atom stereocenters. The summed E-state index contributed by atoms with van der Waals surface area (Å²) in [5, 5.41) is 11.8. The number of aryl methyl sites for hydroxylation is 1. The molecule has 0 spiro atoms. The van der Waals surface area contributed by atoms with Gasteiger partial charge >= 0.3 is 18.2 Å². The van der Waals surface area contributed by atoms with Crippen LogP contribution in [-0.2, 0) is 24.7 Å². The van der Waals surface area contributed by atoms with Gasteiger partial charge in [-0.2, -0.15) is 28.1 Å². The second kappa shape index (κ2) is 17.6. The van der Waals surface area contributed by atoms with Crippen molar-refractivity contribution in [3.05, 3.63) is 100 Å². The number of carbonyl (C=O) groups excluding carboxylic acids is 4. The maximum Gasteiger partial charge on any atom is 0.422 e. The molecule has 4 N–H and O–H groups in total. The van der Waals surface area contributed by atoms with Gasteiger partial charge in [0.1, 0.15) is 6.04 Å². The van der Waals surface area contributed by atoms with Crippen molar-refractivity contribution in [2.75, 3.05) is 30.9 Å². The summed E-state index contributed by atoms with van der Waals surface area (Å²) in [4.78, 5) is 63.0. The van der Waals surface area contributed by atoms with Crippen LogP contribution in [0.5, 0.6) is 6.01 Å². The predicted octanol–water partition coefficient (Wildman–Crippen LogP) is 6.55. The molecule has 17 heteroatoms. The average Bonchev–Trinajstić information content (AvgIpc) is 4.13. The Morgan fingerprint density at radius 2 is 1.61 bits per heavy atom. The lowest BCUT2D eigenvalue weighted by Crippen LogP contribution is -2.44. The minimum Gasteiger partial charge on any atom is -0.467 e. The molecule has 1 heterocycles. The Labute approximate surface area is 331 Å². The molecule has 4 aromatic rings. The summed E-state index contributed by atoms with van der Waals surface area (Å²) in [6, 6.07) is 19.7. The fourth-order valence-electron chi connectivity index (χ4n) is 6.39. The molecule has 0 aliphatic heterocycles. The molecule has 2 fully saturated rings. The topological polar surface area (TPSA) is 174 Å². The zero-order chi connectivity index (χ0) is 40.7. The highest BCUT2D eigenvalue weighted by Crippen LogP contribution is 2.50. The number of Topliss-reactive ketones (excluding diaryl/α,β-unsaturated/α-hetero) is 1. The number of aromatic nitrogens is 3. The highest BCUT2D eigenvalue weighted by Gasteiger charge is 2.45. The third-order valence-corrected chi connectivity index (χ3v) is 10.1. The van der Waals surface area contributed by atoms with Gasteiger partial charge in [-0.15, -0.1) is 0 Å². The molecule has 6 rings (SSSR count). The molecule has 0 radical (unpaired) electrons. The molecule has 0 saturated heterocycles. The lowest BCUT2D eigenvalue weighted by Gasteiger charge is -2.19. The first kappa shape index (κ1) is 40.9. The van der Waals surface area contributed by atoms with Gasteiger partial charge in [0, 0.05) is 29.2 Å². The highest BCUT2D eigenvalue weighted by atomic mass is 35.5. The lowest BCUT2D eigenvalue weighted by atomic mass is 10.0. The monoisotopic (exact) mass is 807 g/mol. The van der Waals surface area contributed by atoms with Crippen molar-refractivity contribution in [3.63, 3.8) is 0 Å². The SMILES string of the molecule is COC(=O)[C@H](CCNC(=O)C(=O)CC[C@H]1C[C@H]1c1ccc(C)cc1)NC(=O)c1ccc(Nc2nc(NC3(c4ccc(Cl)cc4)CC3)nc(OCC(F)(F)F)n2)cc1. The molecule has 3 atom stereocenters. The van der Waals surface area contributed by atoms with Crippen molar-refractivity contribution in [2.45, 2.75) is 69.1 Å². The van der Waals surface area contributed by atoms with Crippen molar-refractivity contribution in [1.29, 1.82) is 0 Å². The van der Waals surface area contributed by atoms with Crippen molar-refractivity contribution >= 4 is 52.8 Å². The van der Waals surface area contributed by atoms with Crippen molar-refractivity contribution in [2.24, 2.45) is 5.92 Å². The smallest absolute Gasteiger partial charge is 0.422 e. The first-order chi connectivity index (χ1) is 27.2. The molecule has 2 saturated carbocycles. The van der Waals surface area contributed by atoms with E-state index in [1.54, 1.807) is 12.1 Å². The molecule has 3 aromatic carbocycles. The van der Waals surface area contributed by atoms with Crippen LogP contribution < -0.4 is 26.0 Å². The van der Waals surface area contributed by atoms with Gasteiger partial charge in [0.05, 0.1) is 12.6 Å². The van der Waals surface area contributed by atoms with Crippen LogP contribution in [0.25, 0.3) is 0 Å². The molecule has 57 heavy (non-hydrogen) atoms. The highest BCUT2D eigenvalue weighted by molar-refractivity contribution is 6.36. The fraction of sp³-hybridized carbons (Fsp3) is 0.375. The largest absolute Gasteiger partial charge is 0.467 e. The second-order valence-corrected chi connectivity index (χ2v) is 14.6. The average molecular weight is 808 g/mol. The fourth-order valence-corrected chi connectivity index (χ4v) is 6.51. The Bertz CT molecular complexity index is 2080. The molecular weight excluding hydrogens is 767 g/mol. The number of nitrogens with one attached hydrogen (secondary N) is 4. The molecule has 2 amide bonds. The van der Waals surface area contributed by atoms with Gasteiger partial charge in [0.2, 0.25) is 17.7 Å². The van der Waals surface area contributed by atoms with Gasteiger partial charge in [-0.1, -0.05) is 53.6 Å². The Morgan fingerprint density at radius 1 is 0.930 bits per heavy atom. The molecule has 1 aromatic heterocycles.